The monoisotopic (exact) mass is 531 g/mol. The van der Waals surface area contributed by atoms with E-state index in [0.717, 1.165) is 37.0 Å². The van der Waals surface area contributed by atoms with Crippen LogP contribution in [-0.2, 0) is 17.8 Å². The molecule has 0 spiro atoms. The Hall–Kier alpha value is -1.26. The Kier molecular flexibility index (Phi) is 12.3. The molecule has 0 bridgehead atoms. The zero-order valence-electron chi connectivity index (χ0n) is 18.1. The van der Waals surface area contributed by atoms with Crippen molar-refractivity contribution in [3.63, 3.8) is 0 Å². The van der Waals surface area contributed by atoms with Crippen molar-refractivity contribution < 1.29 is 4.74 Å². The molecule has 29 heavy (non-hydrogen) atoms. The molecule has 0 radical (unpaired) electrons. The number of halogens is 1. The average molecular weight is 532 g/mol. The Morgan fingerprint density at radius 2 is 1.97 bits per heavy atom. The number of benzene rings is 1. The molecule has 2 rings (SSSR count). The molecular weight excluding hydrogens is 497 g/mol. The van der Waals surface area contributed by atoms with Gasteiger partial charge in [0.2, 0.25) is 0 Å². The van der Waals surface area contributed by atoms with Crippen LogP contribution in [0.1, 0.15) is 30.8 Å². The minimum atomic E-state index is 0. The normalized spacial score (nSPS) is 12.4. The number of hydrogen-bond donors (Lipinski definition) is 2. The number of nitrogens with one attached hydrogen (secondary N) is 2. The number of methoxy groups -OCH3 is 1. The summed E-state index contributed by atoms with van der Waals surface area (Å²) in [7, 11) is 1.71. The van der Waals surface area contributed by atoms with Crippen molar-refractivity contribution in [2.75, 3.05) is 26.8 Å². The molecule has 0 saturated carbocycles. The van der Waals surface area contributed by atoms with Crippen molar-refractivity contribution >= 4 is 41.7 Å². The van der Waals surface area contributed by atoms with Gasteiger partial charge in [-0.05, 0) is 32.9 Å². The lowest BCUT2D eigenvalue weighted by Crippen LogP contribution is -2.40. The Morgan fingerprint density at radius 1 is 1.24 bits per heavy atom. The number of aliphatic imine (C=N–C) groups is 1. The minimum Gasteiger partial charge on any atom is -0.383 e. The van der Waals surface area contributed by atoms with Crippen molar-refractivity contribution in [3.05, 3.63) is 47.3 Å². The summed E-state index contributed by atoms with van der Waals surface area (Å²) in [6.45, 7) is 12.2. The highest BCUT2D eigenvalue weighted by Gasteiger charge is 2.12. The number of guanidine groups is 1. The van der Waals surface area contributed by atoms with Crippen LogP contribution in [0.4, 0.5) is 0 Å². The first kappa shape index (κ1) is 25.8. The summed E-state index contributed by atoms with van der Waals surface area (Å²) in [4.78, 5) is 6.06. The second-order valence-electron chi connectivity index (χ2n) is 6.68. The Morgan fingerprint density at radius 3 is 2.62 bits per heavy atom. The van der Waals surface area contributed by atoms with Crippen LogP contribution in [0.25, 0.3) is 0 Å². The maximum atomic E-state index is 5.17. The second-order valence-corrected chi connectivity index (χ2v) is 8.19. The number of ether oxygens (including phenoxy) is 1. The molecule has 8 heteroatoms. The Bertz CT molecular complexity index is 751. The fourth-order valence-electron chi connectivity index (χ4n) is 2.87. The van der Waals surface area contributed by atoms with Gasteiger partial charge in [-0.1, -0.05) is 25.1 Å². The zero-order valence-corrected chi connectivity index (χ0v) is 21.2. The SMILES string of the molecule is CCNC(=NCc1c(C)nn(CCOC)c1C)NCC(C)Sc1ccccc1.I. The van der Waals surface area contributed by atoms with E-state index < -0.39 is 0 Å². The number of aryl methyl sites for hydroxylation is 1. The summed E-state index contributed by atoms with van der Waals surface area (Å²) in [5, 5.41) is 11.8. The number of nitrogens with zero attached hydrogens (tertiary/aromatic N) is 3. The zero-order chi connectivity index (χ0) is 20.4. The first-order valence-corrected chi connectivity index (χ1v) is 10.7. The fourth-order valence-corrected chi connectivity index (χ4v) is 3.82. The van der Waals surface area contributed by atoms with E-state index in [4.69, 9.17) is 9.73 Å². The van der Waals surface area contributed by atoms with E-state index in [1.54, 1.807) is 7.11 Å². The van der Waals surface area contributed by atoms with E-state index in [2.05, 4.69) is 60.8 Å². The number of thioether (sulfide) groups is 1. The molecule has 1 heterocycles. The number of aromatic nitrogens is 2. The summed E-state index contributed by atoms with van der Waals surface area (Å²) >= 11 is 1.86. The average Bonchev–Trinajstić information content (AvgIpc) is 2.96. The quantitative estimate of drug-likeness (QED) is 0.210. The van der Waals surface area contributed by atoms with Gasteiger partial charge in [-0.15, -0.1) is 35.7 Å². The maximum Gasteiger partial charge on any atom is 0.191 e. The van der Waals surface area contributed by atoms with Gasteiger partial charge in [0, 0.05) is 41.6 Å². The molecule has 0 aliphatic heterocycles. The third kappa shape index (κ3) is 8.55. The van der Waals surface area contributed by atoms with Crippen LogP contribution < -0.4 is 10.6 Å². The molecule has 162 valence electrons. The largest absolute Gasteiger partial charge is 0.383 e. The van der Waals surface area contributed by atoms with Gasteiger partial charge in [0.15, 0.2) is 5.96 Å². The van der Waals surface area contributed by atoms with Gasteiger partial charge in [0.05, 0.1) is 25.4 Å². The number of hydrogen-bond acceptors (Lipinski definition) is 4. The van der Waals surface area contributed by atoms with Gasteiger partial charge in [-0.3, -0.25) is 4.68 Å². The first-order valence-electron chi connectivity index (χ1n) is 9.80. The Labute approximate surface area is 196 Å². The lowest BCUT2D eigenvalue weighted by Gasteiger charge is -2.16. The van der Waals surface area contributed by atoms with Crippen molar-refractivity contribution in [1.29, 1.82) is 0 Å². The molecule has 2 aromatic rings. The highest BCUT2D eigenvalue weighted by molar-refractivity contribution is 14.0. The van der Waals surface area contributed by atoms with Crippen LogP contribution in [0.5, 0.6) is 0 Å². The molecule has 1 atom stereocenters. The predicted molar refractivity (Wildman–Crippen MR) is 134 cm³/mol. The van der Waals surface area contributed by atoms with Gasteiger partial charge < -0.3 is 15.4 Å². The van der Waals surface area contributed by atoms with Gasteiger partial charge in [0.1, 0.15) is 0 Å². The lowest BCUT2D eigenvalue weighted by atomic mass is 10.2. The molecule has 1 aromatic carbocycles. The van der Waals surface area contributed by atoms with Crippen LogP contribution in [0.2, 0.25) is 0 Å². The van der Waals surface area contributed by atoms with E-state index >= 15 is 0 Å². The molecule has 0 saturated heterocycles. The molecule has 1 aromatic heterocycles. The van der Waals surface area contributed by atoms with Gasteiger partial charge in [0.25, 0.3) is 0 Å². The highest BCUT2D eigenvalue weighted by atomic mass is 127. The standard InChI is InChI=1S/C21H33N5OS.HI/c1-6-22-21(23-14-16(2)28-19-10-8-7-9-11-19)24-15-20-17(3)25-26(18(20)4)12-13-27-5;/h7-11,16H,6,12-15H2,1-5H3,(H2,22,23,24);1H. The van der Waals surface area contributed by atoms with Gasteiger partial charge >= 0.3 is 0 Å². The van der Waals surface area contributed by atoms with Gasteiger partial charge in [-0.25, -0.2) is 4.99 Å². The summed E-state index contributed by atoms with van der Waals surface area (Å²) in [5.74, 6) is 0.839. The van der Waals surface area contributed by atoms with E-state index in [-0.39, 0.29) is 24.0 Å². The molecule has 6 nitrogen and oxygen atoms in total. The maximum absolute atomic E-state index is 5.17. The molecular formula is C21H34IN5OS. The van der Waals surface area contributed by atoms with Crippen LogP contribution in [0.15, 0.2) is 40.2 Å². The predicted octanol–water partition coefficient (Wildman–Crippen LogP) is 4.00. The number of rotatable bonds is 10. The van der Waals surface area contributed by atoms with E-state index in [1.807, 2.05) is 29.4 Å². The van der Waals surface area contributed by atoms with Crippen molar-refractivity contribution in [2.45, 2.75) is 50.9 Å². The summed E-state index contributed by atoms with van der Waals surface area (Å²) in [6, 6.07) is 10.5. The van der Waals surface area contributed by atoms with Crippen LogP contribution >= 0.6 is 35.7 Å². The topological polar surface area (TPSA) is 63.5 Å². The van der Waals surface area contributed by atoms with Crippen LogP contribution in [-0.4, -0.2) is 47.8 Å². The minimum absolute atomic E-state index is 0. The second kappa shape index (κ2) is 13.9. The third-order valence-electron chi connectivity index (χ3n) is 4.42. The van der Waals surface area contributed by atoms with E-state index in [0.29, 0.717) is 18.4 Å². The molecule has 0 aliphatic carbocycles. The summed E-state index contributed by atoms with van der Waals surface area (Å²) < 4.78 is 7.17. The molecule has 1 unspecified atom stereocenters. The lowest BCUT2D eigenvalue weighted by molar-refractivity contribution is 0.182. The Balaban J connectivity index is 0.00000420. The smallest absolute Gasteiger partial charge is 0.191 e. The van der Waals surface area contributed by atoms with Crippen molar-refractivity contribution in [1.82, 2.24) is 20.4 Å². The molecule has 0 fully saturated rings. The van der Waals surface area contributed by atoms with Crippen LogP contribution in [0, 0.1) is 13.8 Å². The van der Waals surface area contributed by atoms with Crippen LogP contribution in [0.3, 0.4) is 0 Å². The first-order chi connectivity index (χ1) is 13.5. The summed E-state index contributed by atoms with van der Waals surface area (Å²) in [5.41, 5.74) is 3.36. The van der Waals surface area contributed by atoms with E-state index in [9.17, 15) is 0 Å². The van der Waals surface area contributed by atoms with Crippen molar-refractivity contribution in [3.8, 4) is 0 Å². The highest BCUT2D eigenvalue weighted by Crippen LogP contribution is 2.22. The van der Waals surface area contributed by atoms with E-state index in [1.165, 1.54) is 10.5 Å². The third-order valence-corrected chi connectivity index (χ3v) is 5.53. The van der Waals surface area contributed by atoms with Gasteiger partial charge in [-0.2, -0.15) is 5.10 Å². The van der Waals surface area contributed by atoms with Crippen molar-refractivity contribution in [2.24, 2.45) is 4.99 Å². The fraction of sp³-hybridized carbons (Fsp3) is 0.524. The molecule has 0 amide bonds. The summed E-state index contributed by atoms with van der Waals surface area (Å²) in [6.07, 6.45) is 0. The molecule has 2 N–H and O–H groups in total. The molecule has 0 aliphatic rings.